The molecule has 7 heteroatoms. The molecule has 1 aromatic heterocycles. The molecule has 0 aromatic carbocycles. The average molecular weight is 282 g/mol. The normalized spacial score (nSPS) is 21.9. The summed E-state index contributed by atoms with van der Waals surface area (Å²) in [5, 5.41) is 15.4. The zero-order chi connectivity index (χ0) is 14.7. The molecule has 0 aliphatic carbocycles. The van der Waals surface area contributed by atoms with E-state index >= 15 is 0 Å². The van der Waals surface area contributed by atoms with Crippen LogP contribution >= 0.6 is 0 Å². The number of nitrogens with one attached hydrogen (secondary N) is 1. The van der Waals surface area contributed by atoms with Crippen LogP contribution in [0.15, 0.2) is 4.52 Å². The van der Waals surface area contributed by atoms with Crippen LogP contribution in [0.3, 0.4) is 0 Å². The van der Waals surface area contributed by atoms with Gasteiger partial charge in [-0.1, -0.05) is 12.1 Å². The summed E-state index contributed by atoms with van der Waals surface area (Å²) < 4.78 is 10.3. The molecule has 2 rings (SSSR count). The van der Waals surface area contributed by atoms with Gasteiger partial charge < -0.3 is 19.7 Å². The van der Waals surface area contributed by atoms with E-state index in [1.54, 1.807) is 6.92 Å². The first-order valence-corrected chi connectivity index (χ1v) is 6.64. The van der Waals surface area contributed by atoms with E-state index in [9.17, 15) is 9.59 Å². The van der Waals surface area contributed by atoms with Crippen molar-refractivity contribution >= 4 is 11.9 Å². The summed E-state index contributed by atoms with van der Waals surface area (Å²) in [6, 6.07) is 0. The van der Waals surface area contributed by atoms with Gasteiger partial charge in [-0.25, -0.2) is 4.79 Å². The fourth-order valence-corrected chi connectivity index (χ4v) is 2.28. The maximum Gasteiger partial charge on any atom is 0.332 e. The quantitative estimate of drug-likeness (QED) is 0.832. The molecule has 1 saturated heterocycles. The maximum atomic E-state index is 12.1. The fourth-order valence-electron chi connectivity index (χ4n) is 2.28. The minimum absolute atomic E-state index is 0.259. The molecular formula is C13H18N2O5. The van der Waals surface area contributed by atoms with Crippen LogP contribution in [0.5, 0.6) is 0 Å². The van der Waals surface area contributed by atoms with Gasteiger partial charge in [0.2, 0.25) is 0 Å². The number of amides is 1. The monoisotopic (exact) mass is 282 g/mol. The summed E-state index contributed by atoms with van der Waals surface area (Å²) in [6.07, 6.45) is 0.690. The third kappa shape index (κ3) is 2.98. The van der Waals surface area contributed by atoms with Gasteiger partial charge in [-0.2, -0.15) is 0 Å². The smallest absolute Gasteiger partial charge is 0.332 e. The number of hydrogen-bond donors (Lipinski definition) is 2. The molecule has 1 aliphatic rings. The van der Waals surface area contributed by atoms with Crippen molar-refractivity contribution in [1.29, 1.82) is 0 Å². The van der Waals surface area contributed by atoms with Crippen LogP contribution < -0.4 is 5.32 Å². The predicted octanol–water partition coefficient (Wildman–Crippen LogP) is 0.907. The highest BCUT2D eigenvalue weighted by Crippen LogP contribution is 2.20. The van der Waals surface area contributed by atoms with Crippen LogP contribution in [0.2, 0.25) is 0 Å². The second kappa shape index (κ2) is 6.04. The molecule has 0 radical (unpaired) electrons. The van der Waals surface area contributed by atoms with E-state index in [1.807, 2.05) is 6.92 Å². The lowest BCUT2D eigenvalue weighted by Gasteiger charge is -2.12. The van der Waals surface area contributed by atoms with Gasteiger partial charge in [-0.15, -0.1) is 0 Å². The molecule has 20 heavy (non-hydrogen) atoms. The Morgan fingerprint density at radius 2 is 2.20 bits per heavy atom. The van der Waals surface area contributed by atoms with Gasteiger partial charge in [-0.05, 0) is 26.2 Å². The minimum Gasteiger partial charge on any atom is -0.479 e. The summed E-state index contributed by atoms with van der Waals surface area (Å²) in [7, 11) is 0. The number of carbonyl (C=O) groups is 2. The lowest BCUT2D eigenvalue weighted by atomic mass is 10.1. The molecule has 110 valence electrons. The van der Waals surface area contributed by atoms with Crippen LogP contribution in [0.25, 0.3) is 0 Å². The second-order valence-electron chi connectivity index (χ2n) is 4.79. The highest BCUT2D eigenvalue weighted by Gasteiger charge is 2.31. The van der Waals surface area contributed by atoms with Gasteiger partial charge in [0, 0.05) is 6.54 Å². The molecule has 1 fully saturated rings. The van der Waals surface area contributed by atoms with E-state index in [1.165, 1.54) is 0 Å². The van der Waals surface area contributed by atoms with E-state index in [0.717, 1.165) is 0 Å². The number of aryl methyl sites for hydroxylation is 2. The Bertz CT molecular complexity index is 511. The molecule has 0 saturated carbocycles. The van der Waals surface area contributed by atoms with Gasteiger partial charge in [0.25, 0.3) is 5.91 Å². The van der Waals surface area contributed by atoms with E-state index in [2.05, 4.69) is 10.5 Å². The summed E-state index contributed by atoms with van der Waals surface area (Å²) in [5.74, 6) is -0.736. The number of aliphatic carboxylic acids is 1. The number of carbonyl (C=O) groups excluding carboxylic acids is 1. The van der Waals surface area contributed by atoms with Gasteiger partial charge in [0.05, 0.1) is 11.8 Å². The number of hydrogen-bond acceptors (Lipinski definition) is 5. The zero-order valence-electron chi connectivity index (χ0n) is 11.5. The fraction of sp³-hybridized carbons (Fsp3) is 0.615. The summed E-state index contributed by atoms with van der Waals surface area (Å²) >= 11 is 0. The molecule has 2 unspecified atom stereocenters. The standard InChI is InChI=1S/C13H18N2O5/c1-3-9-11(7(2)20-15-9)12(16)14-6-8-4-5-10(19-8)13(17)18/h8,10H,3-6H2,1-2H3,(H,14,16)(H,17,18). The largest absolute Gasteiger partial charge is 0.479 e. The summed E-state index contributed by atoms with van der Waals surface area (Å²) in [6.45, 7) is 3.87. The van der Waals surface area contributed by atoms with Crippen molar-refractivity contribution in [3.63, 3.8) is 0 Å². The molecule has 1 aliphatic heterocycles. The van der Waals surface area contributed by atoms with Crippen LogP contribution in [0.4, 0.5) is 0 Å². The number of nitrogens with zero attached hydrogens (tertiary/aromatic N) is 1. The Hall–Kier alpha value is -1.89. The Balaban J connectivity index is 1.90. The highest BCUT2D eigenvalue weighted by atomic mass is 16.5. The summed E-state index contributed by atoms with van der Waals surface area (Å²) in [4.78, 5) is 22.9. The third-order valence-corrected chi connectivity index (χ3v) is 3.37. The zero-order valence-corrected chi connectivity index (χ0v) is 11.5. The Morgan fingerprint density at radius 1 is 1.45 bits per heavy atom. The van der Waals surface area contributed by atoms with Crippen molar-refractivity contribution in [3.8, 4) is 0 Å². The highest BCUT2D eigenvalue weighted by molar-refractivity contribution is 5.96. The lowest BCUT2D eigenvalue weighted by molar-refractivity contribution is -0.149. The molecule has 1 aromatic rings. The summed E-state index contributed by atoms with van der Waals surface area (Å²) in [5.41, 5.74) is 1.08. The van der Waals surface area contributed by atoms with E-state index in [0.29, 0.717) is 36.3 Å². The van der Waals surface area contributed by atoms with Gasteiger partial charge in [0.15, 0.2) is 6.10 Å². The Morgan fingerprint density at radius 3 is 2.80 bits per heavy atom. The molecule has 0 spiro atoms. The molecule has 2 heterocycles. The molecule has 0 bridgehead atoms. The van der Waals surface area contributed by atoms with Crippen LogP contribution in [-0.2, 0) is 16.0 Å². The van der Waals surface area contributed by atoms with Crippen molar-refractivity contribution in [2.24, 2.45) is 0 Å². The van der Waals surface area contributed by atoms with Crippen LogP contribution in [0, 0.1) is 6.92 Å². The van der Waals surface area contributed by atoms with Crippen molar-refractivity contribution in [2.75, 3.05) is 6.54 Å². The first-order valence-electron chi connectivity index (χ1n) is 6.64. The van der Waals surface area contributed by atoms with Crippen LogP contribution in [0.1, 0.15) is 41.6 Å². The van der Waals surface area contributed by atoms with Crippen molar-refractivity contribution < 1.29 is 24.0 Å². The SMILES string of the molecule is CCc1noc(C)c1C(=O)NCC1CCC(C(=O)O)O1. The first kappa shape index (κ1) is 14.5. The van der Waals surface area contributed by atoms with E-state index < -0.39 is 12.1 Å². The molecule has 7 nitrogen and oxygen atoms in total. The lowest BCUT2D eigenvalue weighted by Crippen LogP contribution is -2.33. The van der Waals surface area contributed by atoms with Gasteiger partial charge >= 0.3 is 5.97 Å². The second-order valence-corrected chi connectivity index (χ2v) is 4.79. The van der Waals surface area contributed by atoms with Crippen molar-refractivity contribution in [2.45, 2.75) is 45.3 Å². The third-order valence-electron chi connectivity index (χ3n) is 3.37. The number of rotatable bonds is 5. The number of aromatic nitrogens is 1. The maximum absolute atomic E-state index is 12.1. The molecule has 1 amide bonds. The number of carboxylic acids is 1. The number of ether oxygens (including phenoxy) is 1. The molecule has 2 N–H and O–H groups in total. The first-order chi connectivity index (χ1) is 9.52. The minimum atomic E-state index is -0.957. The molecule has 2 atom stereocenters. The van der Waals surface area contributed by atoms with Crippen molar-refractivity contribution in [1.82, 2.24) is 10.5 Å². The number of carboxylic acid groups (broad SMARTS) is 1. The van der Waals surface area contributed by atoms with E-state index in [-0.39, 0.29) is 18.6 Å². The average Bonchev–Trinajstić information content (AvgIpc) is 3.02. The van der Waals surface area contributed by atoms with Gasteiger partial charge in [-0.3, -0.25) is 4.79 Å². The van der Waals surface area contributed by atoms with Crippen molar-refractivity contribution in [3.05, 3.63) is 17.0 Å². The van der Waals surface area contributed by atoms with Crippen LogP contribution in [-0.4, -0.2) is 40.9 Å². The van der Waals surface area contributed by atoms with Gasteiger partial charge in [0.1, 0.15) is 11.3 Å². The Kier molecular flexibility index (Phi) is 4.39. The predicted molar refractivity (Wildman–Crippen MR) is 68.5 cm³/mol. The topological polar surface area (TPSA) is 102 Å². The molecular weight excluding hydrogens is 264 g/mol. The Labute approximate surface area is 116 Å². The van der Waals surface area contributed by atoms with E-state index in [4.69, 9.17) is 14.4 Å².